The average molecular weight is 302 g/mol. The van der Waals surface area contributed by atoms with Gasteiger partial charge in [-0.15, -0.1) is 0 Å². The number of carbonyl (C=O) groups is 2. The van der Waals surface area contributed by atoms with E-state index in [1.165, 1.54) is 0 Å². The van der Waals surface area contributed by atoms with Crippen LogP contribution in [0.25, 0.3) is 0 Å². The molecule has 3 amide bonds. The third-order valence-corrected chi connectivity index (χ3v) is 4.14. The molecule has 2 heterocycles. The van der Waals surface area contributed by atoms with Crippen LogP contribution < -0.4 is 5.32 Å². The Kier molecular flexibility index (Phi) is 4.27. The molecule has 6 heteroatoms. The fourth-order valence-electron chi connectivity index (χ4n) is 2.73. The van der Waals surface area contributed by atoms with Gasteiger partial charge in [0, 0.05) is 37.8 Å². The van der Waals surface area contributed by atoms with E-state index in [0.717, 1.165) is 31.5 Å². The fraction of sp³-hybridized carbons (Fsp3) is 0.562. The number of nitrogens with one attached hydrogen (secondary N) is 1. The summed E-state index contributed by atoms with van der Waals surface area (Å²) in [6.07, 6.45) is 2.88. The maximum atomic E-state index is 12.3. The number of amides is 3. The van der Waals surface area contributed by atoms with E-state index in [2.05, 4.69) is 10.3 Å². The molecule has 2 aliphatic rings. The highest BCUT2D eigenvalue weighted by Crippen LogP contribution is 2.31. The lowest BCUT2D eigenvalue weighted by molar-refractivity contribution is -0.132. The minimum atomic E-state index is -0.140. The minimum absolute atomic E-state index is 0.140. The number of carbonyl (C=O) groups excluding carboxylic acids is 2. The van der Waals surface area contributed by atoms with Crippen molar-refractivity contribution in [2.75, 3.05) is 31.5 Å². The summed E-state index contributed by atoms with van der Waals surface area (Å²) in [5.41, 5.74) is 0.870. The van der Waals surface area contributed by atoms with Crippen molar-refractivity contribution >= 4 is 17.8 Å². The first-order valence-corrected chi connectivity index (χ1v) is 7.92. The van der Waals surface area contributed by atoms with Crippen molar-refractivity contribution in [2.45, 2.75) is 26.2 Å². The Labute approximate surface area is 130 Å². The van der Waals surface area contributed by atoms with Crippen molar-refractivity contribution in [1.82, 2.24) is 14.8 Å². The van der Waals surface area contributed by atoms with Gasteiger partial charge in [0.15, 0.2) is 0 Å². The first-order chi connectivity index (χ1) is 10.6. The summed E-state index contributed by atoms with van der Waals surface area (Å²) in [4.78, 5) is 32.4. The number of aryl methyl sites for hydroxylation is 1. The molecule has 6 nitrogen and oxygen atoms in total. The molecule has 0 atom stereocenters. The van der Waals surface area contributed by atoms with Crippen molar-refractivity contribution < 1.29 is 9.59 Å². The van der Waals surface area contributed by atoms with Crippen LogP contribution in [-0.4, -0.2) is 52.9 Å². The van der Waals surface area contributed by atoms with Crippen molar-refractivity contribution in [3.8, 4) is 0 Å². The van der Waals surface area contributed by atoms with Crippen molar-refractivity contribution in [3.05, 3.63) is 23.9 Å². The molecule has 2 fully saturated rings. The highest BCUT2D eigenvalue weighted by molar-refractivity contribution is 5.88. The van der Waals surface area contributed by atoms with Crippen LogP contribution in [0.15, 0.2) is 18.2 Å². The first kappa shape index (κ1) is 14.8. The molecule has 1 aromatic rings. The zero-order valence-electron chi connectivity index (χ0n) is 12.9. The summed E-state index contributed by atoms with van der Waals surface area (Å²) in [5.74, 6) is 1.08. The van der Waals surface area contributed by atoms with Gasteiger partial charge in [-0.05, 0) is 38.3 Å². The number of anilines is 1. The second kappa shape index (κ2) is 6.34. The zero-order valence-corrected chi connectivity index (χ0v) is 12.9. The van der Waals surface area contributed by atoms with Gasteiger partial charge in [0.1, 0.15) is 5.82 Å². The van der Waals surface area contributed by atoms with Crippen LogP contribution in [0.5, 0.6) is 0 Å². The second-order valence-corrected chi connectivity index (χ2v) is 6.03. The van der Waals surface area contributed by atoms with E-state index >= 15 is 0 Å². The van der Waals surface area contributed by atoms with Gasteiger partial charge in [-0.1, -0.05) is 6.07 Å². The van der Waals surface area contributed by atoms with Crippen LogP contribution >= 0.6 is 0 Å². The van der Waals surface area contributed by atoms with Gasteiger partial charge in [-0.2, -0.15) is 0 Å². The Hall–Kier alpha value is -2.11. The van der Waals surface area contributed by atoms with E-state index in [0.29, 0.717) is 25.5 Å². The van der Waals surface area contributed by atoms with Gasteiger partial charge in [-0.25, -0.2) is 9.78 Å². The third-order valence-electron chi connectivity index (χ3n) is 4.14. The van der Waals surface area contributed by atoms with E-state index in [9.17, 15) is 9.59 Å². The summed E-state index contributed by atoms with van der Waals surface area (Å²) < 4.78 is 0. The molecule has 1 aliphatic heterocycles. The smallest absolute Gasteiger partial charge is 0.323 e. The predicted octanol–water partition coefficient (Wildman–Crippen LogP) is 1.87. The molecular formula is C16H22N4O2. The summed E-state index contributed by atoms with van der Waals surface area (Å²) in [6.45, 7) is 4.52. The zero-order chi connectivity index (χ0) is 15.5. The molecule has 0 spiro atoms. The van der Waals surface area contributed by atoms with Crippen molar-refractivity contribution in [2.24, 2.45) is 5.92 Å². The van der Waals surface area contributed by atoms with Crippen LogP contribution in [0.2, 0.25) is 0 Å². The lowest BCUT2D eigenvalue weighted by Crippen LogP contribution is -2.39. The van der Waals surface area contributed by atoms with Gasteiger partial charge >= 0.3 is 6.03 Å². The number of aromatic nitrogens is 1. The molecule has 1 saturated heterocycles. The monoisotopic (exact) mass is 302 g/mol. The number of hydrogen-bond donors (Lipinski definition) is 1. The molecule has 118 valence electrons. The lowest BCUT2D eigenvalue weighted by atomic mass is 10.3. The Morgan fingerprint density at radius 1 is 1.14 bits per heavy atom. The number of hydrogen-bond acceptors (Lipinski definition) is 3. The minimum Gasteiger partial charge on any atom is -0.341 e. The van der Waals surface area contributed by atoms with Crippen molar-refractivity contribution in [1.29, 1.82) is 0 Å². The molecule has 0 bridgehead atoms. The van der Waals surface area contributed by atoms with E-state index in [1.807, 2.05) is 24.0 Å². The Balaban J connectivity index is 1.55. The summed E-state index contributed by atoms with van der Waals surface area (Å²) >= 11 is 0. The number of urea groups is 1. The molecule has 1 N–H and O–H groups in total. The summed E-state index contributed by atoms with van der Waals surface area (Å²) in [6, 6.07) is 5.41. The molecule has 3 rings (SSSR count). The lowest BCUT2D eigenvalue weighted by Gasteiger charge is -2.22. The molecule has 1 saturated carbocycles. The molecule has 1 aromatic heterocycles. The quantitative estimate of drug-likeness (QED) is 0.907. The number of pyridine rings is 1. The molecule has 0 radical (unpaired) electrons. The van der Waals surface area contributed by atoms with E-state index in [4.69, 9.17) is 0 Å². The second-order valence-electron chi connectivity index (χ2n) is 6.03. The molecular weight excluding hydrogens is 280 g/mol. The van der Waals surface area contributed by atoms with Gasteiger partial charge in [0.05, 0.1) is 0 Å². The van der Waals surface area contributed by atoms with Crippen molar-refractivity contribution in [3.63, 3.8) is 0 Å². The van der Waals surface area contributed by atoms with Gasteiger partial charge in [-0.3, -0.25) is 10.1 Å². The van der Waals surface area contributed by atoms with E-state index < -0.39 is 0 Å². The maximum absolute atomic E-state index is 12.3. The molecule has 0 unspecified atom stereocenters. The van der Waals surface area contributed by atoms with Gasteiger partial charge in [0.2, 0.25) is 5.91 Å². The molecule has 0 aromatic carbocycles. The number of rotatable bonds is 2. The van der Waals surface area contributed by atoms with Crippen LogP contribution in [0, 0.1) is 12.8 Å². The highest BCUT2D eigenvalue weighted by atomic mass is 16.2. The largest absolute Gasteiger partial charge is 0.341 e. The Morgan fingerprint density at radius 2 is 1.86 bits per heavy atom. The molecule has 1 aliphatic carbocycles. The fourth-order valence-corrected chi connectivity index (χ4v) is 2.73. The van der Waals surface area contributed by atoms with Gasteiger partial charge in [0.25, 0.3) is 0 Å². The van der Waals surface area contributed by atoms with E-state index in [-0.39, 0.29) is 17.9 Å². The first-order valence-electron chi connectivity index (χ1n) is 7.92. The SMILES string of the molecule is Cc1cccc(NC(=O)N2CCCN(C(=O)C3CC3)CC2)n1. The van der Waals surface area contributed by atoms with Crippen LogP contribution in [0.4, 0.5) is 10.6 Å². The predicted molar refractivity (Wildman–Crippen MR) is 83.5 cm³/mol. The van der Waals surface area contributed by atoms with Crippen LogP contribution in [0.1, 0.15) is 25.0 Å². The topological polar surface area (TPSA) is 65.5 Å². The Morgan fingerprint density at radius 3 is 2.59 bits per heavy atom. The third kappa shape index (κ3) is 3.55. The normalized spacial score (nSPS) is 18.8. The maximum Gasteiger partial charge on any atom is 0.323 e. The Bertz CT molecular complexity index is 571. The standard InChI is InChI=1S/C16H22N4O2/c1-12-4-2-5-14(17-12)18-16(22)20-9-3-8-19(10-11-20)15(21)13-6-7-13/h2,4-5,13H,3,6-11H2,1H3,(H,17,18,22). The van der Waals surface area contributed by atoms with E-state index in [1.54, 1.807) is 11.0 Å². The highest BCUT2D eigenvalue weighted by Gasteiger charge is 2.34. The summed E-state index contributed by atoms with van der Waals surface area (Å²) in [5, 5.41) is 2.83. The summed E-state index contributed by atoms with van der Waals surface area (Å²) in [7, 11) is 0. The average Bonchev–Trinajstić information content (AvgIpc) is 3.33. The van der Waals surface area contributed by atoms with Gasteiger partial charge < -0.3 is 9.80 Å². The van der Waals surface area contributed by atoms with Crippen LogP contribution in [0.3, 0.4) is 0 Å². The number of nitrogens with zero attached hydrogens (tertiary/aromatic N) is 3. The molecule has 22 heavy (non-hydrogen) atoms. The van der Waals surface area contributed by atoms with Crippen LogP contribution in [-0.2, 0) is 4.79 Å².